The zero-order valence-corrected chi connectivity index (χ0v) is 10.4. The molecule has 0 aromatic carbocycles. The number of aromatic nitrogens is 1. The van der Waals surface area contributed by atoms with Crippen molar-refractivity contribution >= 4 is 11.9 Å². The number of hydrogen-bond acceptors (Lipinski definition) is 3. The number of hydrogen-bond donors (Lipinski definition) is 1. The van der Waals surface area contributed by atoms with Gasteiger partial charge in [-0.05, 0) is 13.0 Å². The number of aryl methyl sites for hydroxylation is 1. The van der Waals surface area contributed by atoms with E-state index in [0.717, 1.165) is 0 Å². The summed E-state index contributed by atoms with van der Waals surface area (Å²) in [4.78, 5) is 35.2. The summed E-state index contributed by atoms with van der Waals surface area (Å²) in [6.07, 6.45) is 1.36. The Bertz CT molecular complexity index is 507. The van der Waals surface area contributed by atoms with E-state index in [4.69, 9.17) is 5.11 Å². The monoisotopic (exact) mass is 252 g/mol. The molecule has 0 aliphatic rings. The second kappa shape index (κ2) is 6.00. The standard InChI is InChI=1S/C12H16N2O4/c1-3-14(7-6-11(16)17)12(18)9-4-5-10(15)13(2)8-9/h4-5,8H,3,6-7H2,1-2H3,(H,16,17). The minimum atomic E-state index is -0.943. The number of rotatable bonds is 5. The Balaban J connectivity index is 2.86. The maximum atomic E-state index is 12.1. The molecule has 1 aromatic rings. The Morgan fingerprint density at radius 1 is 1.39 bits per heavy atom. The predicted octanol–water partition coefficient (Wildman–Crippen LogP) is 0.322. The van der Waals surface area contributed by atoms with E-state index in [9.17, 15) is 14.4 Å². The zero-order valence-electron chi connectivity index (χ0n) is 10.4. The fourth-order valence-electron chi connectivity index (χ4n) is 1.54. The third-order valence-electron chi connectivity index (χ3n) is 2.60. The zero-order chi connectivity index (χ0) is 13.7. The molecule has 6 nitrogen and oxygen atoms in total. The number of carboxylic acid groups (broad SMARTS) is 1. The Morgan fingerprint density at radius 2 is 2.06 bits per heavy atom. The third-order valence-corrected chi connectivity index (χ3v) is 2.60. The molecular weight excluding hydrogens is 236 g/mol. The van der Waals surface area contributed by atoms with Crippen LogP contribution in [0.5, 0.6) is 0 Å². The van der Waals surface area contributed by atoms with Crippen molar-refractivity contribution in [1.29, 1.82) is 0 Å². The molecule has 1 N–H and O–H groups in total. The summed E-state index contributed by atoms with van der Waals surface area (Å²) in [6.45, 7) is 2.37. The highest BCUT2D eigenvalue weighted by molar-refractivity contribution is 5.94. The molecule has 0 bridgehead atoms. The van der Waals surface area contributed by atoms with Crippen LogP contribution in [0.25, 0.3) is 0 Å². The van der Waals surface area contributed by atoms with Crippen LogP contribution in [0.1, 0.15) is 23.7 Å². The summed E-state index contributed by atoms with van der Waals surface area (Å²) in [5.74, 6) is -1.21. The van der Waals surface area contributed by atoms with E-state index in [1.165, 1.54) is 27.8 Å². The van der Waals surface area contributed by atoms with Crippen molar-refractivity contribution < 1.29 is 14.7 Å². The molecule has 1 heterocycles. The van der Waals surface area contributed by atoms with Crippen molar-refractivity contribution in [2.75, 3.05) is 13.1 Å². The quantitative estimate of drug-likeness (QED) is 0.818. The van der Waals surface area contributed by atoms with Crippen LogP contribution in [0, 0.1) is 0 Å². The summed E-state index contributed by atoms with van der Waals surface area (Å²) in [7, 11) is 1.56. The highest BCUT2D eigenvalue weighted by atomic mass is 16.4. The first-order valence-electron chi connectivity index (χ1n) is 5.63. The molecule has 0 unspecified atom stereocenters. The predicted molar refractivity (Wildman–Crippen MR) is 65.5 cm³/mol. The summed E-state index contributed by atoms with van der Waals surface area (Å²) >= 11 is 0. The van der Waals surface area contributed by atoms with Crippen LogP contribution in [0.3, 0.4) is 0 Å². The number of carbonyl (C=O) groups is 2. The van der Waals surface area contributed by atoms with E-state index in [0.29, 0.717) is 12.1 Å². The van der Waals surface area contributed by atoms with Crippen molar-refractivity contribution in [2.24, 2.45) is 7.05 Å². The van der Waals surface area contributed by atoms with Crippen LogP contribution in [-0.2, 0) is 11.8 Å². The fourth-order valence-corrected chi connectivity index (χ4v) is 1.54. The van der Waals surface area contributed by atoms with Gasteiger partial charge in [0.15, 0.2) is 0 Å². The number of carboxylic acids is 1. The second-order valence-electron chi connectivity index (χ2n) is 3.90. The van der Waals surface area contributed by atoms with E-state index in [2.05, 4.69) is 0 Å². The summed E-state index contributed by atoms with van der Waals surface area (Å²) in [5, 5.41) is 8.61. The van der Waals surface area contributed by atoms with Gasteiger partial charge in [-0.1, -0.05) is 0 Å². The number of aliphatic carboxylic acids is 1. The average Bonchev–Trinajstić information content (AvgIpc) is 2.32. The molecule has 0 fully saturated rings. The van der Waals surface area contributed by atoms with Gasteiger partial charge in [0.2, 0.25) is 5.56 Å². The van der Waals surface area contributed by atoms with E-state index >= 15 is 0 Å². The van der Waals surface area contributed by atoms with Gasteiger partial charge in [-0.2, -0.15) is 0 Å². The Morgan fingerprint density at radius 3 is 2.56 bits per heavy atom. The van der Waals surface area contributed by atoms with Crippen LogP contribution >= 0.6 is 0 Å². The SMILES string of the molecule is CCN(CCC(=O)O)C(=O)c1ccc(=O)n(C)c1. The van der Waals surface area contributed by atoms with Crippen LogP contribution < -0.4 is 5.56 Å². The van der Waals surface area contributed by atoms with Crippen LogP contribution in [-0.4, -0.2) is 39.5 Å². The van der Waals surface area contributed by atoms with Gasteiger partial charge in [-0.25, -0.2) is 0 Å². The Hall–Kier alpha value is -2.11. The molecule has 6 heteroatoms. The van der Waals surface area contributed by atoms with Gasteiger partial charge in [-0.3, -0.25) is 14.4 Å². The first-order chi connectivity index (χ1) is 8.45. The fraction of sp³-hybridized carbons (Fsp3) is 0.417. The van der Waals surface area contributed by atoms with Gasteiger partial charge in [0, 0.05) is 32.4 Å². The third kappa shape index (κ3) is 3.44. The molecule has 1 amide bonds. The van der Waals surface area contributed by atoms with Gasteiger partial charge in [0.1, 0.15) is 0 Å². The smallest absolute Gasteiger partial charge is 0.305 e. The maximum absolute atomic E-state index is 12.1. The molecule has 0 aliphatic heterocycles. The van der Waals surface area contributed by atoms with Crippen molar-refractivity contribution in [3.8, 4) is 0 Å². The minimum Gasteiger partial charge on any atom is -0.481 e. The van der Waals surface area contributed by atoms with E-state index in [1.807, 2.05) is 0 Å². The molecule has 1 rings (SSSR count). The molecule has 0 radical (unpaired) electrons. The number of amides is 1. The summed E-state index contributed by atoms with van der Waals surface area (Å²) < 4.78 is 1.32. The van der Waals surface area contributed by atoms with Crippen LogP contribution in [0.15, 0.2) is 23.1 Å². The first-order valence-corrected chi connectivity index (χ1v) is 5.63. The van der Waals surface area contributed by atoms with Crippen molar-refractivity contribution in [3.05, 3.63) is 34.2 Å². The number of nitrogens with zero attached hydrogens (tertiary/aromatic N) is 2. The molecule has 0 atom stereocenters. The van der Waals surface area contributed by atoms with Crippen molar-refractivity contribution in [2.45, 2.75) is 13.3 Å². The highest BCUT2D eigenvalue weighted by Gasteiger charge is 2.15. The molecule has 98 valence electrons. The summed E-state index contributed by atoms with van der Waals surface area (Å²) in [5.41, 5.74) is 0.185. The van der Waals surface area contributed by atoms with Gasteiger partial charge in [-0.15, -0.1) is 0 Å². The Labute approximate surface area is 104 Å². The molecular formula is C12H16N2O4. The number of pyridine rings is 1. The average molecular weight is 252 g/mol. The van der Waals surface area contributed by atoms with E-state index < -0.39 is 5.97 Å². The van der Waals surface area contributed by atoms with Crippen molar-refractivity contribution in [1.82, 2.24) is 9.47 Å². The van der Waals surface area contributed by atoms with Crippen molar-refractivity contribution in [3.63, 3.8) is 0 Å². The van der Waals surface area contributed by atoms with Crippen LogP contribution in [0.4, 0.5) is 0 Å². The lowest BCUT2D eigenvalue weighted by atomic mass is 10.2. The topological polar surface area (TPSA) is 79.6 Å². The van der Waals surface area contributed by atoms with Gasteiger partial charge >= 0.3 is 5.97 Å². The largest absolute Gasteiger partial charge is 0.481 e. The van der Waals surface area contributed by atoms with Crippen LogP contribution in [0.2, 0.25) is 0 Å². The minimum absolute atomic E-state index is 0.0919. The highest BCUT2D eigenvalue weighted by Crippen LogP contribution is 2.03. The maximum Gasteiger partial charge on any atom is 0.305 e. The van der Waals surface area contributed by atoms with E-state index in [-0.39, 0.29) is 24.4 Å². The first kappa shape index (κ1) is 14.0. The second-order valence-corrected chi connectivity index (χ2v) is 3.90. The number of carbonyl (C=O) groups excluding carboxylic acids is 1. The normalized spacial score (nSPS) is 10.1. The van der Waals surface area contributed by atoms with Gasteiger partial charge < -0.3 is 14.6 Å². The molecule has 0 spiro atoms. The molecule has 0 saturated carbocycles. The lowest BCUT2D eigenvalue weighted by molar-refractivity contribution is -0.137. The summed E-state index contributed by atoms with van der Waals surface area (Å²) in [6, 6.07) is 2.77. The lowest BCUT2D eigenvalue weighted by Gasteiger charge is -2.20. The lowest BCUT2D eigenvalue weighted by Crippen LogP contribution is -2.33. The molecule has 0 saturated heterocycles. The van der Waals surface area contributed by atoms with Gasteiger partial charge in [0.05, 0.1) is 12.0 Å². The molecule has 1 aromatic heterocycles. The molecule has 0 aliphatic carbocycles. The van der Waals surface area contributed by atoms with Gasteiger partial charge in [0.25, 0.3) is 5.91 Å². The molecule has 18 heavy (non-hydrogen) atoms. The Kier molecular flexibility index (Phi) is 4.65. The van der Waals surface area contributed by atoms with E-state index in [1.54, 1.807) is 14.0 Å².